The van der Waals surface area contributed by atoms with E-state index in [-0.39, 0.29) is 17.2 Å². The van der Waals surface area contributed by atoms with Crippen molar-refractivity contribution in [2.24, 2.45) is 0 Å². The van der Waals surface area contributed by atoms with Gasteiger partial charge >= 0.3 is 0 Å². The van der Waals surface area contributed by atoms with Gasteiger partial charge in [0.25, 0.3) is 0 Å². The van der Waals surface area contributed by atoms with Gasteiger partial charge in [-0.1, -0.05) is 45.0 Å². The van der Waals surface area contributed by atoms with Gasteiger partial charge in [-0.15, -0.1) is 0 Å². The molecule has 0 bridgehead atoms. The molecule has 0 radical (unpaired) electrons. The van der Waals surface area contributed by atoms with Crippen LogP contribution in [0.3, 0.4) is 0 Å². The van der Waals surface area contributed by atoms with Crippen LogP contribution in [0.1, 0.15) is 44.4 Å². The molecule has 0 aliphatic heterocycles. The minimum Gasteiger partial charge on any atom is -0.313 e. The molecule has 1 aromatic rings. The van der Waals surface area contributed by atoms with Gasteiger partial charge in [0.1, 0.15) is 9.84 Å². The molecule has 4 heteroatoms. The zero-order chi connectivity index (χ0) is 14.7. The van der Waals surface area contributed by atoms with Gasteiger partial charge in [0, 0.05) is 12.3 Å². The molecule has 0 aromatic heterocycles. The quantitative estimate of drug-likeness (QED) is 0.903. The summed E-state index contributed by atoms with van der Waals surface area (Å²) < 4.78 is 22.5. The Morgan fingerprint density at radius 2 is 1.68 bits per heavy atom. The third kappa shape index (κ3) is 5.33. The molecule has 0 aliphatic rings. The van der Waals surface area contributed by atoms with Gasteiger partial charge in [-0.3, -0.25) is 0 Å². The van der Waals surface area contributed by atoms with Crippen LogP contribution in [0.15, 0.2) is 24.3 Å². The van der Waals surface area contributed by atoms with Gasteiger partial charge in [-0.05, 0) is 30.0 Å². The molecule has 0 saturated heterocycles. The molecule has 108 valence electrons. The standard InChI is InChI=1S/C15H25NO2S/c1-15(2,3)13-8-6-12(7-9-13)14(16-4)10-11-19(5,17)18/h6-9,14,16H,10-11H2,1-5H3. The van der Waals surface area contributed by atoms with E-state index in [4.69, 9.17) is 0 Å². The second kappa shape index (κ2) is 6.06. The first-order chi connectivity index (χ1) is 8.63. The van der Waals surface area contributed by atoms with Crippen molar-refractivity contribution in [1.29, 1.82) is 0 Å². The summed E-state index contributed by atoms with van der Waals surface area (Å²) in [5, 5.41) is 3.18. The lowest BCUT2D eigenvalue weighted by Crippen LogP contribution is -2.20. The Bertz CT molecular complexity index is 498. The molecule has 3 nitrogen and oxygen atoms in total. The minimum absolute atomic E-state index is 0.0868. The van der Waals surface area contributed by atoms with E-state index in [9.17, 15) is 8.42 Å². The number of rotatable bonds is 5. The van der Waals surface area contributed by atoms with Crippen LogP contribution in [0.2, 0.25) is 0 Å². The largest absolute Gasteiger partial charge is 0.313 e. The Hall–Kier alpha value is -0.870. The van der Waals surface area contributed by atoms with E-state index in [1.807, 2.05) is 7.05 Å². The van der Waals surface area contributed by atoms with Crippen LogP contribution in [-0.2, 0) is 15.3 Å². The van der Waals surface area contributed by atoms with Crippen molar-refractivity contribution in [3.63, 3.8) is 0 Å². The summed E-state index contributed by atoms with van der Waals surface area (Å²) in [4.78, 5) is 0. The average Bonchev–Trinajstić information content (AvgIpc) is 2.28. The molecular weight excluding hydrogens is 258 g/mol. The van der Waals surface area contributed by atoms with Gasteiger partial charge in [0.05, 0.1) is 5.75 Å². The molecule has 0 amide bonds. The van der Waals surface area contributed by atoms with Crippen molar-refractivity contribution in [2.45, 2.75) is 38.6 Å². The van der Waals surface area contributed by atoms with Crippen molar-refractivity contribution in [3.8, 4) is 0 Å². The van der Waals surface area contributed by atoms with Crippen molar-refractivity contribution < 1.29 is 8.42 Å². The van der Waals surface area contributed by atoms with Gasteiger partial charge in [-0.2, -0.15) is 0 Å². The average molecular weight is 283 g/mol. The van der Waals surface area contributed by atoms with Crippen molar-refractivity contribution in [1.82, 2.24) is 5.32 Å². The third-order valence-corrected chi connectivity index (χ3v) is 4.28. The lowest BCUT2D eigenvalue weighted by atomic mass is 9.86. The Morgan fingerprint density at radius 1 is 1.16 bits per heavy atom. The first-order valence-corrected chi connectivity index (χ1v) is 8.65. The summed E-state index contributed by atoms with van der Waals surface area (Å²) in [6.45, 7) is 6.55. The molecular formula is C15H25NO2S. The van der Waals surface area contributed by atoms with Crippen LogP contribution in [0.4, 0.5) is 0 Å². The molecule has 1 rings (SSSR count). The molecule has 1 unspecified atom stereocenters. The fraction of sp³-hybridized carbons (Fsp3) is 0.600. The molecule has 0 saturated carbocycles. The Balaban J connectivity index is 2.83. The second-order valence-corrected chi connectivity index (χ2v) is 8.39. The van der Waals surface area contributed by atoms with Crippen LogP contribution in [0, 0.1) is 0 Å². The summed E-state index contributed by atoms with van der Waals surface area (Å²) in [7, 11) is -1.04. The number of hydrogen-bond donors (Lipinski definition) is 1. The van der Waals surface area contributed by atoms with Crippen LogP contribution in [0.25, 0.3) is 0 Å². The van der Waals surface area contributed by atoms with E-state index in [1.165, 1.54) is 11.8 Å². The maximum atomic E-state index is 11.2. The summed E-state index contributed by atoms with van der Waals surface area (Å²) in [5.74, 6) is 0.208. The smallest absolute Gasteiger partial charge is 0.147 e. The van der Waals surface area contributed by atoms with Crippen LogP contribution in [-0.4, -0.2) is 27.5 Å². The third-order valence-electron chi connectivity index (χ3n) is 3.30. The highest BCUT2D eigenvalue weighted by Crippen LogP contribution is 2.25. The van der Waals surface area contributed by atoms with E-state index in [0.29, 0.717) is 6.42 Å². The highest BCUT2D eigenvalue weighted by molar-refractivity contribution is 7.90. The van der Waals surface area contributed by atoms with E-state index < -0.39 is 9.84 Å². The summed E-state index contributed by atoms with van der Waals surface area (Å²) in [6.07, 6.45) is 1.88. The van der Waals surface area contributed by atoms with E-state index in [0.717, 1.165) is 5.56 Å². The van der Waals surface area contributed by atoms with Gasteiger partial charge < -0.3 is 5.32 Å². The monoisotopic (exact) mass is 283 g/mol. The molecule has 0 heterocycles. The normalized spacial score (nSPS) is 14.4. The Labute approximate surface area is 117 Å². The number of sulfone groups is 1. The molecule has 0 aliphatic carbocycles. The number of hydrogen-bond acceptors (Lipinski definition) is 3. The van der Waals surface area contributed by atoms with Gasteiger partial charge in [0.15, 0.2) is 0 Å². The topological polar surface area (TPSA) is 46.2 Å². The SMILES string of the molecule is CNC(CCS(C)(=O)=O)c1ccc(C(C)(C)C)cc1. The van der Waals surface area contributed by atoms with Gasteiger partial charge in [0.2, 0.25) is 0 Å². The van der Waals surface area contributed by atoms with Crippen LogP contribution < -0.4 is 5.32 Å². The fourth-order valence-corrected chi connectivity index (χ4v) is 2.69. The highest BCUT2D eigenvalue weighted by Gasteiger charge is 2.16. The van der Waals surface area contributed by atoms with Crippen molar-refractivity contribution in [3.05, 3.63) is 35.4 Å². The number of benzene rings is 1. The second-order valence-electron chi connectivity index (χ2n) is 6.13. The molecule has 1 N–H and O–H groups in total. The lowest BCUT2D eigenvalue weighted by Gasteiger charge is -2.21. The highest BCUT2D eigenvalue weighted by atomic mass is 32.2. The Morgan fingerprint density at radius 3 is 2.05 bits per heavy atom. The van der Waals surface area contributed by atoms with Crippen LogP contribution in [0.5, 0.6) is 0 Å². The predicted molar refractivity (Wildman–Crippen MR) is 81.3 cm³/mol. The van der Waals surface area contributed by atoms with E-state index >= 15 is 0 Å². The van der Waals surface area contributed by atoms with E-state index in [2.05, 4.69) is 50.4 Å². The zero-order valence-corrected chi connectivity index (χ0v) is 13.3. The lowest BCUT2D eigenvalue weighted by molar-refractivity contribution is 0.557. The number of nitrogens with one attached hydrogen (secondary N) is 1. The zero-order valence-electron chi connectivity index (χ0n) is 12.5. The Kier molecular flexibility index (Phi) is 5.16. The van der Waals surface area contributed by atoms with Crippen molar-refractivity contribution in [2.75, 3.05) is 19.1 Å². The molecule has 0 fully saturated rings. The van der Waals surface area contributed by atoms with Crippen LogP contribution >= 0.6 is 0 Å². The fourth-order valence-electron chi connectivity index (χ4n) is 2.03. The van der Waals surface area contributed by atoms with E-state index in [1.54, 1.807) is 0 Å². The summed E-state index contributed by atoms with van der Waals surface area (Å²) in [6, 6.07) is 8.51. The maximum Gasteiger partial charge on any atom is 0.147 e. The summed E-state index contributed by atoms with van der Waals surface area (Å²) in [5.41, 5.74) is 2.56. The predicted octanol–water partition coefficient (Wildman–Crippen LogP) is 2.68. The first-order valence-electron chi connectivity index (χ1n) is 6.59. The molecule has 0 spiro atoms. The molecule has 19 heavy (non-hydrogen) atoms. The maximum absolute atomic E-state index is 11.2. The summed E-state index contributed by atoms with van der Waals surface area (Å²) >= 11 is 0. The molecule has 1 atom stereocenters. The molecule has 1 aromatic carbocycles. The van der Waals surface area contributed by atoms with Gasteiger partial charge in [-0.25, -0.2) is 8.42 Å². The van der Waals surface area contributed by atoms with Crippen molar-refractivity contribution >= 4 is 9.84 Å². The minimum atomic E-state index is -2.91. The first kappa shape index (κ1) is 16.2.